The summed E-state index contributed by atoms with van der Waals surface area (Å²) in [7, 11) is 0. The van der Waals surface area contributed by atoms with E-state index in [1.807, 2.05) is 0 Å². The van der Waals surface area contributed by atoms with Crippen LogP contribution in [-0.2, 0) is 0 Å². The van der Waals surface area contributed by atoms with Crippen LogP contribution in [0.25, 0.3) is 0 Å². The number of halogens is 4. The minimum Gasteiger partial charge on any atom is -0.505 e. The van der Waals surface area contributed by atoms with Crippen LogP contribution in [-0.4, -0.2) is 10.9 Å². The van der Waals surface area contributed by atoms with Gasteiger partial charge < -0.3 is 5.11 Å². The highest BCUT2D eigenvalue weighted by Crippen LogP contribution is 2.49. The van der Waals surface area contributed by atoms with Gasteiger partial charge in [0.2, 0.25) is 0 Å². The standard InChI is InChI=1S/C14H18Cl4OS/c1-4-7(2)5-8(3)6-20-14-11(17)9(15)13(19)10(16)12(14)18/h7-8,19H,4-6H2,1-3H3. The fourth-order valence-electron chi connectivity index (χ4n) is 1.87. The lowest BCUT2D eigenvalue weighted by Crippen LogP contribution is -2.04. The van der Waals surface area contributed by atoms with Gasteiger partial charge >= 0.3 is 0 Å². The van der Waals surface area contributed by atoms with Crippen molar-refractivity contribution < 1.29 is 5.11 Å². The van der Waals surface area contributed by atoms with Crippen LogP contribution in [0.5, 0.6) is 5.75 Å². The zero-order chi connectivity index (χ0) is 15.4. The zero-order valence-corrected chi connectivity index (χ0v) is 15.5. The highest BCUT2D eigenvalue weighted by atomic mass is 35.5. The van der Waals surface area contributed by atoms with E-state index < -0.39 is 0 Å². The number of phenols is 1. The second kappa shape index (κ2) is 8.24. The Labute approximate surface area is 144 Å². The molecule has 1 rings (SSSR count). The molecule has 0 heterocycles. The van der Waals surface area contributed by atoms with Gasteiger partial charge in [-0.25, -0.2) is 0 Å². The molecule has 0 fully saturated rings. The van der Waals surface area contributed by atoms with Crippen LogP contribution in [0.1, 0.15) is 33.6 Å². The average Bonchev–Trinajstić information content (AvgIpc) is 2.42. The lowest BCUT2D eigenvalue weighted by molar-refractivity contribution is 0.433. The molecular weight excluding hydrogens is 358 g/mol. The Morgan fingerprint density at radius 2 is 1.45 bits per heavy atom. The first-order chi connectivity index (χ1) is 9.29. The summed E-state index contributed by atoms with van der Waals surface area (Å²) in [6, 6.07) is 0. The lowest BCUT2D eigenvalue weighted by Gasteiger charge is -2.17. The van der Waals surface area contributed by atoms with Crippen LogP contribution in [0, 0.1) is 11.8 Å². The monoisotopic (exact) mass is 374 g/mol. The summed E-state index contributed by atoms with van der Waals surface area (Å²) in [5, 5.41) is 10.3. The van der Waals surface area contributed by atoms with Crippen molar-refractivity contribution in [3.8, 4) is 5.75 Å². The van der Waals surface area contributed by atoms with Gasteiger partial charge in [0, 0.05) is 10.6 Å². The van der Waals surface area contributed by atoms with Crippen molar-refractivity contribution in [1.29, 1.82) is 0 Å². The average molecular weight is 376 g/mol. The molecule has 0 aliphatic rings. The van der Waals surface area contributed by atoms with E-state index in [2.05, 4.69) is 20.8 Å². The molecule has 0 radical (unpaired) electrons. The third-order valence-corrected chi connectivity index (χ3v) is 6.56. The maximum atomic E-state index is 9.68. The lowest BCUT2D eigenvalue weighted by atomic mass is 9.97. The van der Waals surface area contributed by atoms with Gasteiger partial charge in [-0.2, -0.15) is 0 Å². The number of hydrogen-bond donors (Lipinski definition) is 1. The van der Waals surface area contributed by atoms with Gasteiger partial charge in [-0.3, -0.25) is 0 Å². The summed E-state index contributed by atoms with van der Waals surface area (Å²) in [6.45, 7) is 6.64. The number of benzene rings is 1. The van der Waals surface area contributed by atoms with E-state index in [1.165, 1.54) is 18.2 Å². The topological polar surface area (TPSA) is 20.2 Å². The second-order valence-corrected chi connectivity index (χ2v) is 7.64. The van der Waals surface area contributed by atoms with Crippen molar-refractivity contribution in [3.05, 3.63) is 20.1 Å². The predicted octanol–water partition coefficient (Wildman–Crippen LogP) is 7.17. The van der Waals surface area contributed by atoms with E-state index >= 15 is 0 Å². The minimum atomic E-state index is -0.264. The number of rotatable bonds is 6. The van der Waals surface area contributed by atoms with Crippen molar-refractivity contribution in [2.24, 2.45) is 11.8 Å². The summed E-state index contributed by atoms with van der Waals surface area (Å²) in [5.74, 6) is 1.85. The van der Waals surface area contributed by atoms with E-state index in [0.29, 0.717) is 16.7 Å². The number of thioether (sulfide) groups is 1. The normalized spacial score (nSPS) is 14.3. The number of phenolic OH excluding ortho intramolecular Hbond substituents is 1. The SMILES string of the molecule is CCC(C)CC(C)CSc1c(Cl)c(Cl)c(O)c(Cl)c1Cl. The highest BCUT2D eigenvalue weighted by Gasteiger charge is 2.21. The molecule has 2 unspecified atom stereocenters. The first kappa shape index (κ1) is 18.6. The molecule has 1 aromatic rings. The molecule has 0 aliphatic carbocycles. The van der Waals surface area contributed by atoms with Crippen molar-refractivity contribution >= 4 is 58.2 Å². The Morgan fingerprint density at radius 3 is 1.90 bits per heavy atom. The first-order valence-electron chi connectivity index (χ1n) is 6.47. The quantitative estimate of drug-likeness (QED) is 0.420. The van der Waals surface area contributed by atoms with E-state index in [1.54, 1.807) is 0 Å². The Kier molecular flexibility index (Phi) is 7.65. The molecular formula is C14H18Cl4OS. The van der Waals surface area contributed by atoms with E-state index in [-0.39, 0.29) is 25.8 Å². The van der Waals surface area contributed by atoms with Gasteiger partial charge in [-0.15, -0.1) is 11.8 Å². The van der Waals surface area contributed by atoms with Crippen LogP contribution in [0.4, 0.5) is 0 Å². The third-order valence-electron chi connectivity index (χ3n) is 3.21. The smallest absolute Gasteiger partial charge is 0.155 e. The number of aromatic hydroxyl groups is 1. The van der Waals surface area contributed by atoms with Gasteiger partial charge in [-0.1, -0.05) is 73.6 Å². The third kappa shape index (κ3) is 4.51. The maximum absolute atomic E-state index is 9.68. The van der Waals surface area contributed by atoms with Crippen LogP contribution < -0.4 is 0 Å². The summed E-state index contributed by atoms with van der Waals surface area (Å²) >= 11 is 25.7. The molecule has 0 aliphatic heterocycles. The van der Waals surface area contributed by atoms with E-state index in [0.717, 1.165) is 12.2 Å². The van der Waals surface area contributed by atoms with E-state index in [4.69, 9.17) is 46.4 Å². The summed E-state index contributed by atoms with van der Waals surface area (Å²) < 4.78 is 0. The predicted molar refractivity (Wildman–Crippen MR) is 92.1 cm³/mol. The molecule has 1 aromatic carbocycles. The van der Waals surface area contributed by atoms with Crippen LogP contribution in [0.2, 0.25) is 20.1 Å². The Balaban J connectivity index is 2.84. The fourth-order valence-corrected chi connectivity index (χ4v) is 4.20. The van der Waals surface area contributed by atoms with Crippen molar-refractivity contribution in [2.75, 3.05) is 5.75 Å². The molecule has 1 N–H and O–H groups in total. The van der Waals surface area contributed by atoms with Crippen molar-refractivity contribution in [1.82, 2.24) is 0 Å². The molecule has 0 saturated carbocycles. The van der Waals surface area contributed by atoms with Crippen molar-refractivity contribution in [2.45, 2.75) is 38.5 Å². The van der Waals surface area contributed by atoms with Gasteiger partial charge in [0.15, 0.2) is 5.75 Å². The number of hydrogen-bond acceptors (Lipinski definition) is 2. The zero-order valence-electron chi connectivity index (χ0n) is 11.6. The molecule has 0 amide bonds. The minimum absolute atomic E-state index is 0.0538. The maximum Gasteiger partial charge on any atom is 0.155 e. The Hall–Kier alpha value is 0.530. The second-order valence-electron chi connectivity index (χ2n) is 5.10. The van der Waals surface area contributed by atoms with Crippen molar-refractivity contribution in [3.63, 3.8) is 0 Å². The molecule has 2 atom stereocenters. The fraction of sp³-hybridized carbons (Fsp3) is 0.571. The Morgan fingerprint density at radius 1 is 0.950 bits per heavy atom. The van der Waals surface area contributed by atoms with Gasteiger partial charge in [0.05, 0.1) is 10.0 Å². The largest absolute Gasteiger partial charge is 0.505 e. The molecule has 0 aromatic heterocycles. The Bertz CT molecular complexity index is 450. The van der Waals surface area contributed by atoms with Gasteiger partial charge in [0.1, 0.15) is 10.0 Å². The van der Waals surface area contributed by atoms with Crippen LogP contribution in [0.3, 0.4) is 0 Å². The summed E-state index contributed by atoms with van der Waals surface area (Å²) in [4.78, 5) is 0.636. The summed E-state index contributed by atoms with van der Waals surface area (Å²) in [6.07, 6.45) is 2.33. The molecule has 114 valence electrons. The highest BCUT2D eigenvalue weighted by molar-refractivity contribution is 7.99. The molecule has 20 heavy (non-hydrogen) atoms. The first-order valence-corrected chi connectivity index (χ1v) is 8.96. The van der Waals surface area contributed by atoms with Crippen LogP contribution >= 0.6 is 58.2 Å². The van der Waals surface area contributed by atoms with Gasteiger partial charge in [0.25, 0.3) is 0 Å². The molecule has 0 spiro atoms. The molecule has 0 saturated heterocycles. The summed E-state index contributed by atoms with van der Waals surface area (Å²) in [5.41, 5.74) is 0. The van der Waals surface area contributed by atoms with Gasteiger partial charge in [-0.05, 0) is 18.3 Å². The van der Waals surface area contributed by atoms with E-state index in [9.17, 15) is 5.11 Å². The van der Waals surface area contributed by atoms with Crippen LogP contribution in [0.15, 0.2) is 4.90 Å². The molecule has 1 nitrogen and oxygen atoms in total. The molecule has 0 bridgehead atoms. The molecule has 6 heteroatoms.